The van der Waals surface area contributed by atoms with Crippen LogP contribution in [0, 0.1) is 0 Å². The molecule has 0 aliphatic heterocycles. The fraction of sp³-hybridized carbons (Fsp3) is 0. The lowest BCUT2D eigenvalue weighted by atomic mass is 10.4. The van der Waals surface area contributed by atoms with Gasteiger partial charge in [-0.25, -0.2) is 4.98 Å². The SMILES string of the molecule is Clc1ccc(Cl)c(Sc2cccc(Cl)n2)c1. The van der Waals surface area contributed by atoms with Crippen molar-refractivity contribution in [2.45, 2.75) is 9.92 Å². The van der Waals surface area contributed by atoms with Crippen molar-refractivity contribution < 1.29 is 0 Å². The van der Waals surface area contributed by atoms with Crippen LogP contribution in [-0.4, -0.2) is 4.98 Å². The Labute approximate surface area is 113 Å². The van der Waals surface area contributed by atoms with Crippen molar-refractivity contribution in [2.75, 3.05) is 0 Å². The topological polar surface area (TPSA) is 12.9 Å². The molecule has 0 aliphatic rings. The Morgan fingerprint density at radius 3 is 2.56 bits per heavy atom. The number of aromatic nitrogens is 1. The zero-order valence-corrected chi connectivity index (χ0v) is 11.0. The van der Waals surface area contributed by atoms with Crippen molar-refractivity contribution in [2.24, 2.45) is 0 Å². The summed E-state index contributed by atoms with van der Waals surface area (Å²) in [6.07, 6.45) is 0. The van der Waals surface area contributed by atoms with E-state index in [0.29, 0.717) is 15.2 Å². The minimum absolute atomic E-state index is 0.461. The molecule has 0 bridgehead atoms. The van der Waals surface area contributed by atoms with E-state index in [2.05, 4.69) is 4.98 Å². The summed E-state index contributed by atoms with van der Waals surface area (Å²) < 4.78 is 0. The molecule has 1 aromatic carbocycles. The van der Waals surface area contributed by atoms with Gasteiger partial charge in [-0.2, -0.15) is 0 Å². The third-order valence-corrected chi connectivity index (χ3v) is 3.68. The predicted octanol–water partition coefficient (Wildman–Crippen LogP) is 5.19. The van der Waals surface area contributed by atoms with Crippen LogP contribution >= 0.6 is 46.6 Å². The molecule has 0 amide bonds. The van der Waals surface area contributed by atoms with E-state index in [1.807, 2.05) is 12.1 Å². The standard InChI is InChI=1S/C11H6Cl3NS/c12-7-4-5-8(13)9(6-7)16-11-3-1-2-10(14)15-11/h1-6H. The molecule has 1 heterocycles. The van der Waals surface area contributed by atoms with Gasteiger partial charge in [-0.05, 0) is 30.3 Å². The second-order valence-corrected chi connectivity index (χ2v) is 5.27. The second-order valence-electron chi connectivity index (χ2n) is 2.98. The van der Waals surface area contributed by atoms with Crippen LogP contribution in [0.2, 0.25) is 15.2 Å². The van der Waals surface area contributed by atoms with Gasteiger partial charge in [0.05, 0.1) is 5.02 Å². The van der Waals surface area contributed by atoms with Gasteiger partial charge in [0.15, 0.2) is 0 Å². The van der Waals surface area contributed by atoms with Crippen LogP contribution < -0.4 is 0 Å². The number of hydrogen-bond donors (Lipinski definition) is 0. The van der Waals surface area contributed by atoms with Crippen LogP contribution in [0.15, 0.2) is 46.3 Å². The monoisotopic (exact) mass is 289 g/mol. The molecule has 16 heavy (non-hydrogen) atoms. The minimum atomic E-state index is 0.461. The van der Waals surface area contributed by atoms with Gasteiger partial charge in [-0.1, -0.05) is 52.6 Å². The van der Waals surface area contributed by atoms with Crippen LogP contribution in [-0.2, 0) is 0 Å². The molecule has 1 nitrogen and oxygen atoms in total. The highest BCUT2D eigenvalue weighted by Crippen LogP contribution is 2.34. The maximum Gasteiger partial charge on any atom is 0.130 e. The summed E-state index contributed by atoms with van der Waals surface area (Å²) >= 11 is 19.2. The molecule has 0 radical (unpaired) electrons. The predicted molar refractivity (Wildman–Crippen MR) is 69.8 cm³/mol. The molecular formula is C11H6Cl3NS. The average Bonchev–Trinajstić information content (AvgIpc) is 2.24. The molecule has 0 spiro atoms. The van der Waals surface area contributed by atoms with Gasteiger partial charge < -0.3 is 0 Å². The third kappa shape index (κ3) is 3.05. The highest BCUT2D eigenvalue weighted by Gasteiger charge is 2.05. The highest BCUT2D eigenvalue weighted by molar-refractivity contribution is 7.99. The lowest BCUT2D eigenvalue weighted by molar-refractivity contribution is 1.13. The Kier molecular flexibility index (Phi) is 3.98. The van der Waals surface area contributed by atoms with E-state index in [9.17, 15) is 0 Å². The van der Waals surface area contributed by atoms with Gasteiger partial charge in [-0.3, -0.25) is 0 Å². The molecule has 1 aromatic heterocycles. The molecule has 0 fully saturated rings. The number of hydrogen-bond acceptors (Lipinski definition) is 2. The van der Waals surface area contributed by atoms with Crippen LogP contribution in [0.25, 0.3) is 0 Å². The number of halogens is 3. The van der Waals surface area contributed by atoms with Gasteiger partial charge in [0.2, 0.25) is 0 Å². The largest absolute Gasteiger partial charge is 0.229 e. The summed E-state index contributed by atoms with van der Waals surface area (Å²) in [5, 5.41) is 2.55. The number of rotatable bonds is 2. The van der Waals surface area contributed by atoms with Crippen LogP contribution in [0.5, 0.6) is 0 Å². The maximum atomic E-state index is 6.05. The quantitative estimate of drug-likeness (QED) is 0.706. The summed E-state index contributed by atoms with van der Waals surface area (Å²) in [6, 6.07) is 10.8. The van der Waals surface area contributed by atoms with Crippen LogP contribution in [0.4, 0.5) is 0 Å². The first-order chi connectivity index (χ1) is 7.65. The van der Waals surface area contributed by atoms with Gasteiger partial charge in [-0.15, -0.1) is 0 Å². The summed E-state index contributed by atoms with van der Waals surface area (Å²) in [4.78, 5) is 5.03. The molecule has 82 valence electrons. The summed E-state index contributed by atoms with van der Waals surface area (Å²) in [5.74, 6) is 0. The van der Waals surface area contributed by atoms with E-state index in [4.69, 9.17) is 34.8 Å². The van der Waals surface area contributed by atoms with E-state index in [-0.39, 0.29) is 0 Å². The molecule has 0 atom stereocenters. The Balaban J connectivity index is 2.30. The molecule has 2 rings (SSSR count). The smallest absolute Gasteiger partial charge is 0.130 e. The molecule has 0 saturated heterocycles. The number of nitrogens with zero attached hydrogens (tertiary/aromatic N) is 1. The normalized spacial score (nSPS) is 10.4. The van der Waals surface area contributed by atoms with Crippen molar-refractivity contribution in [3.05, 3.63) is 51.6 Å². The zero-order chi connectivity index (χ0) is 11.5. The van der Waals surface area contributed by atoms with E-state index in [1.165, 1.54) is 11.8 Å². The second kappa shape index (κ2) is 5.28. The van der Waals surface area contributed by atoms with Gasteiger partial charge in [0.1, 0.15) is 10.2 Å². The Morgan fingerprint density at radius 2 is 1.81 bits per heavy atom. The highest BCUT2D eigenvalue weighted by atomic mass is 35.5. The Morgan fingerprint density at radius 1 is 1.00 bits per heavy atom. The van der Waals surface area contributed by atoms with Gasteiger partial charge >= 0.3 is 0 Å². The van der Waals surface area contributed by atoms with Crippen molar-refractivity contribution >= 4 is 46.6 Å². The van der Waals surface area contributed by atoms with Crippen molar-refractivity contribution in [1.82, 2.24) is 4.98 Å². The zero-order valence-electron chi connectivity index (χ0n) is 7.95. The molecule has 2 aromatic rings. The maximum absolute atomic E-state index is 6.05. The van der Waals surface area contributed by atoms with Crippen LogP contribution in [0.1, 0.15) is 0 Å². The van der Waals surface area contributed by atoms with E-state index < -0.39 is 0 Å². The molecule has 5 heteroatoms. The number of pyridine rings is 1. The molecular weight excluding hydrogens is 285 g/mol. The fourth-order valence-corrected chi connectivity index (χ4v) is 2.67. The molecule has 0 saturated carbocycles. The summed E-state index contributed by atoms with van der Waals surface area (Å²) in [6.45, 7) is 0. The van der Waals surface area contributed by atoms with Crippen molar-refractivity contribution in [3.63, 3.8) is 0 Å². The summed E-state index contributed by atoms with van der Waals surface area (Å²) in [5.41, 5.74) is 0. The van der Waals surface area contributed by atoms with Gasteiger partial charge in [0, 0.05) is 9.92 Å². The lowest BCUT2D eigenvalue weighted by Crippen LogP contribution is -1.81. The third-order valence-electron chi connectivity index (χ3n) is 1.80. The molecule has 0 N–H and O–H groups in total. The lowest BCUT2D eigenvalue weighted by Gasteiger charge is -2.04. The summed E-state index contributed by atoms with van der Waals surface area (Å²) in [7, 11) is 0. The average molecular weight is 291 g/mol. The van der Waals surface area contributed by atoms with Gasteiger partial charge in [0.25, 0.3) is 0 Å². The molecule has 0 unspecified atom stereocenters. The van der Waals surface area contributed by atoms with E-state index in [0.717, 1.165) is 9.92 Å². The first-order valence-corrected chi connectivity index (χ1v) is 6.35. The Hall–Kier alpha value is -0.410. The van der Waals surface area contributed by atoms with Crippen molar-refractivity contribution in [1.29, 1.82) is 0 Å². The fourth-order valence-electron chi connectivity index (χ4n) is 1.11. The first-order valence-electron chi connectivity index (χ1n) is 4.40. The minimum Gasteiger partial charge on any atom is -0.229 e. The van der Waals surface area contributed by atoms with E-state index >= 15 is 0 Å². The Bertz CT molecular complexity index is 516. The van der Waals surface area contributed by atoms with Crippen LogP contribution in [0.3, 0.4) is 0 Å². The van der Waals surface area contributed by atoms with Crippen molar-refractivity contribution in [3.8, 4) is 0 Å². The first kappa shape index (κ1) is 12.1. The van der Waals surface area contributed by atoms with E-state index in [1.54, 1.807) is 24.3 Å². The molecule has 0 aliphatic carbocycles. The number of benzene rings is 1.